The van der Waals surface area contributed by atoms with Crippen LogP contribution >= 0.6 is 11.8 Å². The average molecular weight is 282 g/mol. The fourth-order valence-corrected chi connectivity index (χ4v) is 2.70. The van der Waals surface area contributed by atoms with Crippen LogP contribution in [-0.2, 0) is 0 Å². The summed E-state index contributed by atoms with van der Waals surface area (Å²) < 4.78 is 5.16. The number of nitrogens with one attached hydrogen (secondary N) is 1. The van der Waals surface area contributed by atoms with Crippen molar-refractivity contribution in [2.45, 2.75) is 9.79 Å². The first-order chi connectivity index (χ1) is 9.85. The zero-order valence-electron chi connectivity index (χ0n) is 11.0. The first kappa shape index (κ1) is 12.8. The summed E-state index contributed by atoms with van der Waals surface area (Å²) in [5.41, 5.74) is 1.09. The molecule has 3 aromatic rings. The summed E-state index contributed by atoms with van der Waals surface area (Å²) in [5.74, 6) is 1.77. The minimum Gasteiger partial charge on any atom is -0.497 e. The quantitative estimate of drug-likeness (QED) is 0.778. The number of hydrogen-bond donors (Lipinski definition) is 1. The fraction of sp³-hybridized carbons (Fsp3) is 0.0625. The summed E-state index contributed by atoms with van der Waals surface area (Å²) in [6.45, 7) is 0. The van der Waals surface area contributed by atoms with Crippen molar-refractivity contribution in [2.75, 3.05) is 7.11 Å². The molecule has 1 heterocycles. The van der Waals surface area contributed by atoms with Crippen molar-refractivity contribution in [3.63, 3.8) is 0 Å². The lowest BCUT2D eigenvalue weighted by molar-refractivity contribution is 0.414. The molecule has 0 atom stereocenters. The van der Waals surface area contributed by atoms with Crippen molar-refractivity contribution in [3.05, 3.63) is 60.9 Å². The van der Waals surface area contributed by atoms with Gasteiger partial charge in [-0.25, -0.2) is 4.98 Å². The SMILES string of the molecule is COc1ccc(Sc2ccc(-c3ncc[nH]3)cc2)cc1. The molecule has 0 saturated heterocycles. The van der Waals surface area contributed by atoms with E-state index in [1.165, 1.54) is 9.79 Å². The second-order valence-corrected chi connectivity index (χ2v) is 5.39. The van der Waals surface area contributed by atoms with Gasteiger partial charge >= 0.3 is 0 Å². The molecule has 0 saturated carbocycles. The number of aromatic nitrogens is 2. The molecule has 3 rings (SSSR count). The van der Waals surface area contributed by atoms with Crippen molar-refractivity contribution < 1.29 is 4.74 Å². The molecular weight excluding hydrogens is 268 g/mol. The third-order valence-corrected chi connectivity index (χ3v) is 3.94. The molecule has 2 aromatic carbocycles. The summed E-state index contributed by atoms with van der Waals surface area (Å²) >= 11 is 1.73. The standard InChI is InChI=1S/C16H14N2OS/c1-19-13-4-8-15(9-5-13)20-14-6-2-12(3-7-14)16-17-10-11-18-16/h2-11H,1H3,(H,17,18). The molecule has 0 aliphatic carbocycles. The Labute approximate surface area is 122 Å². The number of ether oxygens (including phenoxy) is 1. The summed E-state index contributed by atoms with van der Waals surface area (Å²) in [7, 11) is 1.68. The lowest BCUT2D eigenvalue weighted by Gasteiger charge is -2.04. The molecule has 1 N–H and O–H groups in total. The number of benzene rings is 2. The Hall–Kier alpha value is -2.20. The van der Waals surface area contributed by atoms with Gasteiger partial charge in [0, 0.05) is 27.7 Å². The Morgan fingerprint density at radius 3 is 2.15 bits per heavy atom. The lowest BCUT2D eigenvalue weighted by Crippen LogP contribution is -1.82. The van der Waals surface area contributed by atoms with Gasteiger partial charge in [-0.3, -0.25) is 0 Å². The van der Waals surface area contributed by atoms with E-state index in [9.17, 15) is 0 Å². The molecule has 0 unspecified atom stereocenters. The van der Waals surface area contributed by atoms with E-state index in [4.69, 9.17) is 4.74 Å². The van der Waals surface area contributed by atoms with Crippen LogP contribution in [0.25, 0.3) is 11.4 Å². The average Bonchev–Trinajstić information content (AvgIpc) is 3.03. The number of nitrogens with zero attached hydrogens (tertiary/aromatic N) is 1. The Bertz CT molecular complexity index is 661. The highest BCUT2D eigenvalue weighted by molar-refractivity contribution is 7.99. The van der Waals surface area contributed by atoms with E-state index in [1.54, 1.807) is 25.1 Å². The molecule has 0 aliphatic heterocycles. The van der Waals surface area contributed by atoms with E-state index in [2.05, 4.69) is 46.4 Å². The van der Waals surface area contributed by atoms with Crippen LogP contribution in [0.4, 0.5) is 0 Å². The third-order valence-electron chi connectivity index (χ3n) is 2.92. The van der Waals surface area contributed by atoms with E-state index in [0.717, 1.165) is 17.1 Å². The van der Waals surface area contributed by atoms with Crippen molar-refractivity contribution >= 4 is 11.8 Å². The highest BCUT2D eigenvalue weighted by atomic mass is 32.2. The summed E-state index contributed by atoms with van der Waals surface area (Å²) in [6.07, 6.45) is 3.59. The van der Waals surface area contributed by atoms with Crippen LogP contribution in [0, 0.1) is 0 Å². The Kier molecular flexibility index (Phi) is 3.74. The van der Waals surface area contributed by atoms with Crippen LogP contribution in [0.5, 0.6) is 5.75 Å². The maximum Gasteiger partial charge on any atom is 0.137 e. The maximum absolute atomic E-state index is 5.16. The smallest absolute Gasteiger partial charge is 0.137 e. The van der Waals surface area contributed by atoms with Crippen LogP contribution in [0.2, 0.25) is 0 Å². The van der Waals surface area contributed by atoms with Gasteiger partial charge < -0.3 is 9.72 Å². The molecule has 0 bridgehead atoms. The number of aromatic amines is 1. The second-order valence-electron chi connectivity index (χ2n) is 4.24. The number of rotatable bonds is 4. The van der Waals surface area contributed by atoms with Gasteiger partial charge in [0.1, 0.15) is 11.6 Å². The molecule has 100 valence electrons. The van der Waals surface area contributed by atoms with E-state index in [-0.39, 0.29) is 0 Å². The van der Waals surface area contributed by atoms with E-state index in [1.807, 2.05) is 18.3 Å². The second kappa shape index (κ2) is 5.84. The fourth-order valence-electron chi connectivity index (χ4n) is 1.88. The molecular formula is C16H14N2OS. The van der Waals surface area contributed by atoms with Gasteiger partial charge in [-0.15, -0.1) is 0 Å². The van der Waals surface area contributed by atoms with Gasteiger partial charge in [-0.1, -0.05) is 23.9 Å². The summed E-state index contributed by atoms with van der Waals surface area (Å²) in [6, 6.07) is 16.4. The molecule has 4 heteroatoms. The van der Waals surface area contributed by atoms with Gasteiger partial charge in [-0.05, 0) is 36.4 Å². The number of hydrogen-bond acceptors (Lipinski definition) is 3. The number of H-pyrrole nitrogens is 1. The molecule has 0 fully saturated rings. The van der Waals surface area contributed by atoms with E-state index >= 15 is 0 Å². The largest absolute Gasteiger partial charge is 0.497 e. The zero-order valence-corrected chi connectivity index (χ0v) is 11.9. The van der Waals surface area contributed by atoms with E-state index < -0.39 is 0 Å². The topological polar surface area (TPSA) is 37.9 Å². The normalized spacial score (nSPS) is 10.4. The molecule has 0 aliphatic rings. The van der Waals surface area contributed by atoms with Crippen molar-refractivity contribution in [2.24, 2.45) is 0 Å². The first-order valence-corrected chi connectivity index (χ1v) is 7.08. The predicted molar refractivity (Wildman–Crippen MR) is 81.1 cm³/mol. The third kappa shape index (κ3) is 2.86. The number of methoxy groups -OCH3 is 1. The maximum atomic E-state index is 5.16. The highest BCUT2D eigenvalue weighted by Crippen LogP contribution is 2.30. The van der Waals surface area contributed by atoms with Crippen LogP contribution in [0.3, 0.4) is 0 Å². The molecule has 3 nitrogen and oxygen atoms in total. The number of imidazole rings is 1. The first-order valence-electron chi connectivity index (χ1n) is 6.27. The van der Waals surface area contributed by atoms with E-state index in [0.29, 0.717) is 0 Å². The molecule has 20 heavy (non-hydrogen) atoms. The predicted octanol–water partition coefficient (Wildman–Crippen LogP) is 4.24. The zero-order chi connectivity index (χ0) is 13.8. The molecule has 1 aromatic heterocycles. The van der Waals surface area contributed by atoms with Crippen molar-refractivity contribution in [1.29, 1.82) is 0 Å². The van der Waals surface area contributed by atoms with Gasteiger partial charge in [0.25, 0.3) is 0 Å². The Morgan fingerprint density at radius 2 is 1.60 bits per heavy atom. The van der Waals surface area contributed by atoms with Crippen molar-refractivity contribution in [1.82, 2.24) is 9.97 Å². The van der Waals surface area contributed by atoms with Gasteiger partial charge in [-0.2, -0.15) is 0 Å². The summed E-state index contributed by atoms with van der Waals surface area (Å²) in [4.78, 5) is 9.74. The molecule has 0 amide bonds. The van der Waals surface area contributed by atoms with Crippen LogP contribution < -0.4 is 4.74 Å². The Balaban J connectivity index is 1.74. The van der Waals surface area contributed by atoms with Gasteiger partial charge in [0.05, 0.1) is 7.11 Å². The van der Waals surface area contributed by atoms with Gasteiger partial charge in [0.15, 0.2) is 0 Å². The minimum absolute atomic E-state index is 0.877. The lowest BCUT2D eigenvalue weighted by atomic mass is 10.2. The van der Waals surface area contributed by atoms with Crippen LogP contribution in [-0.4, -0.2) is 17.1 Å². The Morgan fingerprint density at radius 1 is 0.950 bits per heavy atom. The van der Waals surface area contributed by atoms with Crippen molar-refractivity contribution in [3.8, 4) is 17.1 Å². The van der Waals surface area contributed by atoms with Crippen LogP contribution in [0.1, 0.15) is 0 Å². The summed E-state index contributed by atoms with van der Waals surface area (Å²) in [5, 5.41) is 0. The van der Waals surface area contributed by atoms with Crippen LogP contribution in [0.15, 0.2) is 70.7 Å². The highest BCUT2D eigenvalue weighted by Gasteiger charge is 2.01. The molecule has 0 spiro atoms. The monoisotopic (exact) mass is 282 g/mol. The minimum atomic E-state index is 0.877. The molecule has 0 radical (unpaired) electrons. The van der Waals surface area contributed by atoms with Gasteiger partial charge in [0.2, 0.25) is 0 Å².